The second-order valence-electron chi connectivity index (χ2n) is 8.44. The maximum absolute atomic E-state index is 4.55. The minimum atomic E-state index is 0. The Bertz CT molecular complexity index is 376. The lowest BCUT2D eigenvalue weighted by Gasteiger charge is -2.38. The van der Waals surface area contributed by atoms with E-state index in [1.807, 2.05) is 7.05 Å². The third-order valence-electron chi connectivity index (χ3n) is 5.16. The molecule has 2 fully saturated rings. The van der Waals surface area contributed by atoms with Crippen LogP contribution in [0.15, 0.2) is 4.99 Å². The summed E-state index contributed by atoms with van der Waals surface area (Å²) in [4.78, 5) is 9.66. The highest BCUT2D eigenvalue weighted by Crippen LogP contribution is 2.21. The molecule has 0 spiro atoms. The van der Waals surface area contributed by atoms with Crippen LogP contribution in [-0.4, -0.2) is 62.1 Å². The molecule has 0 aromatic carbocycles. The van der Waals surface area contributed by atoms with Gasteiger partial charge in [-0.25, -0.2) is 0 Å². The SMILES string of the molecule is CN=C(NCC1CCCN(CC(C)C)C1)N1CC(C)CC(C)C1.I. The van der Waals surface area contributed by atoms with Gasteiger partial charge in [0.05, 0.1) is 0 Å². The van der Waals surface area contributed by atoms with E-state index in [2.05, 4.69) is 47.8 Å². The van der Waals surface area contributed by atoms with Crippen molar-refractivity contribution in [1.29, 1.82) is 0 Å². The molecule has 0 saturated carbocycles. The molecule has 3 atom stereocenters. The second kappa shape index (κ2) is 10.8. The molecule has 2 aliphatic heterocycles. The Morgan fingerprint density at radius 2 is 1.83 bits per heavy atom. The van der Waals surface area contributed by atoms with Crippen molar-refractivity contribution in [2.24, 2.45) is 28.7 Å². The zero-order valence-electron chi connectivity index (χ0n) is 16.4. The molecule has 2 saturated heterocycles. The Hall–Kier alpha value is -0.0400. The highest BCUT2D eigenvalue weighted by atomic mass is 127. The molecule has 142 valence electrons. The maximum Gasteiger partial charge on any atom is 0.193 e. The Kier molecular flexibility index (Phi) is 9.94. The number of piperidine rings is 2. The van der Waals surface area contributed by atoms with Gasteiger partial charge in [-0.05, 0) is 49.5 Å². The molecule has 2 rings (SSSR count). The van der Waals surface area contributed by atoms with E-state index in [-0.39, 0.29) is 24.0 Å². The van der Waals surface area contributed by atoms with Crippen LogP contribution in [0, 0.1) is 23.7 Å². The molecule has 24 heavy (non-hydrogen) atoms. The van der Waals surface area contributed by atoms with Crippen molar-refractivity contribution in [2.45, 2.75) is 47.0 Å². The predicted molar refractivity (Wildman–Crippen MR) is 115 cm³/mol. The smallest absolute Gasteiger partial charge is 0.193 e. The lowest BCUT2D eigenvalue weighted by molar-refractivity contribution is 0.157. The Morgan fingerprint density at radius 3 is 2.42 bits per heavy atom. The molecular weight excluding hydrogens is 411 g/mol. The van der Waals surface area contributed by atoms with Crippen LogP contribution in [0.25, 0.3) is 0 Å². The number of halogens is 1. The summed E-state index contributed by atoms with van der Waals surface area (Å²) in [6, 6.07) is 0. The fourth-order valence-corrected chi connectivity index (χ4v) is 4.40. The van der Waals surface area contributed by atoms with Gasteiger partial charge in [0, 0.05) is 39.8 Å². The molecule has 0 amide bonds. The molecule has 0 radical (unpaired) electrons. The van der Waals surface area contributed by atoms with Crippen molar-refractivity contribution in [3.05, 3.63) is 0 Å². The quantitative estimate of drug-likeness (QED) is 0.404. The first kappa shape index (κ1) is 22.0. The predicted octanol–water partition coefficient (Wildman–Crippen LogP) is 3.53. The van der Waals surface area contributed by atoms with Gasteiger partial charge in [-0.2, -0.15) is 0 Å². The van der Waals surface area contributed by atoms with Crippen LogP contribution in [0.2, 0.25) is 0 Å². The van der Waals surface area contributed by atoms with Crippen LogP contribution in [0.4, 0.5) is 0 Å². The summed E-state index contributed by atoms with van der Waals surface area (Å²) in [7, 11) is 1.93. The van der Waals surface area contributed by atoms with Gasteiger partial charge in [-0.3, -0.25) is 4.99 Å². The van der Waals surface area contributed by atoms with Gasteiger partial charge < -0.3 is 15.1 Å². The first-order valence-corrected chi connectivity index (χ1v) is 9.65. The summed E-state index contributed by atoms with van der Waals surface area (Å²) in [5.41, 5.74) is 0. The number of rotatable bonds is 4. The Morgan fingerprint density at radius 1 is 1.17 bits per heavy atom. The summed E-state index contributed by atoms with van der Waals surface area (Å²) in [6.07, 6.45) is 4.04. The van der Waals surface area contributed by atoms with Gasteiger partial charge in [-0.15, -0.1) is 24.0 Å². The van der Waals surface area contributed by atoms with E-state index in [0.717, 1.165) is 49.3 Å². The Balaban J connectivity index is 0.00000288. The van der Waals surface area contributed by atoms with Crippen LogP contribution in [0.5, 0.6) is 0 Å². The average molecular weight is 450 g/mol. The number of hydrogen-bond donors (Lipinski definition) is 1. The zero-order chi connectivity index (χ0) is 16.8. The van der Waals surface area contributed by atoms with Crippen molar-refractivity contribution in [1.82, 2.24) is 15.1 Å². The van der Waals surface area contributed by atoms with Crippen LogP contribution >= 0.6 is 24.0 Å². The topological polar surface area (TPSA) is 30.9 Å². The van der Waals surface area contributed by atoms with Gasteiger partial charge >= 0.3 is 0 Å². The molecule has 0 aliphatic carbocycles. The summed E-state index contributed by atoms with van der Waals surface area (Å²) in [5, 5.41) is 3.67. The van der Waals surface area contributed by atoms with E-state index in [9.17, 15) is 0 Å². The van der Waals surface area contributed by atoms with Crippen LogP contribution < -0.4 is 5.32 Å². The second-order valence-corrected chi connectivity index (χ2v) is 8.44. The molecule has 0 aromatic rings. The zero-order valence-corrected chi connectivity index (χ0v) is 18.8. The third kappa shape index (κ3) is 7.06. The number of nitrogens with zero attached hydrogens (tertiary/aromatic N) is 3. The number of likely N-dealkylation sites (tertiary alicyclic amines) is 2. The molecule has 5 heteroatoms. The highest BCUT2D eigenvalue weighted by molar-refractivity contribution is 14.0. The molecule has 2 heterocycles. The standard InChI is InChI=1S/C19H38N4.HI/c1-15(2)11-22-8-6-7-18(14-22)10-21-19(20-5)23-12-16(3)9-17(4)13-23;/h15-18H,6-14H2,1-5H3,(H,20,21);1H. The molecule has 0 bridgehead atoms. The average Bonchev–Trinajstić information content (AvgIpc) is 2.46. The lowest BCUT2D eigenvalue weighted by Crippen LogP contribution is -2.50. The fourth-order valence-electron chi connectivity index (χ4n) is 4.40. The number of hydrogen-bond acceptors (Lipinski definition) is 2. The Labute approximate surface area is 166 Å². The van der Waals surface area contributed by atoms with E-state index < -0.39 is 0 Å². The highest BCUT2D eigenvalue weighted by Gasteiger charge is 2.25. The van der Waals surface area contributed by atoms with Crippen molar-refractivity contribution in [3.8, 4) is 0 Å². The maximum atomic E-state index is 4.55. The van der Waals surface area contributed by atoms with Gasteiger partial charge in [0.25, 0.3) is 0 Å². The molecule has 2 aliphatic rings. The third-order valence-corrected chi connectivity index (χ3v) is 5.16. The monoisotopic (exact) mass is 450 g/mol. The number of nitrogens with one attached hydrogen (secondary N) is 1. The van der Waals surface area contributed by atoms with Crippen LogP contribution in [0.3, 0.4) is 0 Å². The molecule has 0 aromatic heterocycles. The van der Waals surface area contributed by atoms with E-state index >= 15 is 0 Å². The van der Waals surface area contributed by atoms with Crippen molar-refractivity contribution >= 4 is 29.9 Å². The van der Waals surface area contributed by atoms with E-state index in [1.54, 1.807) is 0 Å². The minimum absolute atomic E-state index is 0. The van der Waals surface area contributed by atoms with Crippen LogP contribution in [0.1, 0.15) is 47.0 Å². The van der Waals surface area contributed by atoms with Crippen molar-refractivity contribution < 1.29 is 0 Å². The molecular formula is C19H39IN4. The van der Waals surface area contributed by atoms with Gasteiger partial charge in [0.15, 0.2) is 5.96 Å². The van der Waals surface area contributed by atoms with Gasteiger partial charge in [0.2, 0.25) is 0 Å². The summed E-state index contributed by atoms with van der Waals surface area (Å²) < 4.78 is 0. The minimum Gasteiger partial charge on any atom is -0.356 e. The summed E-state index contributed by atoms with van der Waals surface area (Å²) in [5.74, 6) is 4.19. The van der Waals surface area contributed by atoms with E-state index in [4.69, 9.17) is 0 Å². The molecule has 1 N–H and O–H groups in total. The van der Waals surface area contributed by atoms with Crippen LogP contribution in [-0.2, 0) is 0 Å². The van der Waals surface area contributed by atoms with E-state index in [1.165, 1.54) is 38.9 Å². The van der Waals surface area contributed by atoms with E-state index in [0.29, 0.717) is 0 Å². The summed E-state index contributed by atoms with van der Waals surface area (Å²) >= 11 is 0. The first-order chi connectivity index (χ1) is 11.0. The van der Waals surface area contributed by atoms with Gasteiger partial charge in [0.1, 0.15) is 0 Å². The number of aliphatic imine (C=N–C) groups is 1. The first-order valence-electron chi connectivity index (χ1n) is 9.65. The number of guanidine groups is 1. The largest absolute Gasteiger partial charge is 0.356 e. The fraction of sp³-hybridized carbons (Fsp3) is 0.947. The lowest BCUT2D eigenvalue weighted by atomic mass is 9.92. The van der Waals surface area contributed by atoms with Crippen molar-refractivity contribution in [2.75, 3.05) is 46.3 Å². The molecule has 4 nitrogen and oxygen atoms in total. The van der Waals surface area contributed by atoms with Crippen molar-refractivity contribution in [3.63, 3.8) is 0 Å². The molecule has 3 unspecified atom stereocenters. The normalized spacial score (nSPS) is 29.5. The van der Waals surface area contributed by atoms with Gasteiger partial charge in [-0.1, -0.05) is 27.7 Å². The summed E-state index contributed by atoms with van der Waals surface area (Å²) in [6.45, 7) is 16.5.